The number of amides is 1. The molecule has 34 heavy (non-hydrogen) atoms. The molecule has 0 radical (unpaired) electrons. The minimum absolute atomic E-state index is 0.100. The summed E-state index contributed by atoms with van der Waals surface area (Å²) in [6, 6.07) is 11.5. The first-order chi connectivity index (χ1) is 16.5. The number of likely N-dealkylation sites (N-methyl/N-ethyl adjacent to an activating group) is 1. The fourth-order valence-corrected chi connectivity index (χ4v) is 4.83. The van der Waals surface area contributed by atoms with E-state index in [-0.39, 0.29) is 12.5 Å². The zero-order valence-corrected chi connectivity index (χ0v) is 19.2. The molecule has 1 saturated heterocycles. The highest BCUT2D eigenvalue weighted by molar-refractivity contribution is 5.94. The summed E-state index contributed by atoms with van der Waals surface area (Å²) in [7, 11) is 1.76. The maximum Gasteiger partial charge on any atom is 0.253 e. The van der Waals surface area contributed by atoms with E-state index in [0.29, 0.717) is 25.1 Å². The van der Waals surface area contributed by atoms with E-state index in [2.05, 4.69) is 19.9 Å². The normalized spacial score (nSPS) is 18.2. The van der Waals surface area contributed by atoms with Crippen molar-refractivity contribution in [3.8, 4) is 0 Å². The maximum absolute atomic E-state index is 13.2. The summed E-state index contributed by atoms with van der Waals surface area (Å²) in [4.78, 5) is 29.8. The molecule has 0 unspecified atom stereocenters. The highest BCUT2D eigenvalue weighted by atomic mass is 16.3. The molecule has 0 bridgehead atoms. The molecule has 1 amide bonds. The van der Waals surface area contributed by atoms with Crippen molar-refractivity contribution in [2.45, 2.75) is 25.0 Å². The van der Waals surface area contributed by atoms with E-state index in [1.807, 2.05) is 53.4 Å². The minimum Gasteiger partial charge on any atom is -0.386 e. The summed E-state index contributed by atoms with van der Waals surface area (Å²) in [5.74, 6) is -0.100. The number of carbonyl (C=O) groups excluding carboxylic acids is 1. The van der Waals surface area contributed by atoms with E-state index in [1.54, 1.807) is 36.9 Å². The molecule has 0 spiro atoms. The number of piperidine rings is 1. The SMILES string of the molecule is CN(C[C@@]1(O)CCCN(c2ccnc3ccncc23)C1)C(=O)c1cccc(Cn2ccnc2)c1. The Balaban J connectivity index is 1.30. The summed E-state index contributed by atoms with van der Waals surface area (Å²) in [6.45, 7) is 2.19. The van der Waals surface area contributed by atoms with Gasteiger partial charge < -0.3 is 19.5 Å². The zero-order chi connectivity index (χ0) is 23.5. The van der Waals surface area contributed by atoms with Crippen molar-refractivity contribution in [1.82, 2.24) is 24.4 Å². The quantitative estimate of drug-likeness (QED) is 0.480. The molecule has 174 valence electrons. The number of hydrogen-bond donors (Lipinski definition) is 1. The van der Waals surface area contributed by atoms with Crippen LogP contribution in [0.25, 0.3) is 10.9 Å². The van der Waals surface area contributed by atoms with Gasteiger partial charge in [-0.3, -0.25) is 14.8 Å². The number of aromatic nitrogens is 4. The van der Waals surface area contributed by atoms with Crippen molar-refractivity contribution in [2.75, 3.05) is 31.6 Å². The highest BCUT2D eigenvalue weighted by Crippen LogP contribution is 2.31. The molecule has 0 aliphatic carbocycles. The van der Waals surface area contributed by atoms with E-state index in [9.17, 15) is 9.90 Å². The molecule has 4 heterocycles. The molecule has 1 fully saturated rings. The number of benzene rings is 1. The van der Waals surface area contributed by atoms with Crippen molar-refractivity contribution < 1.29 is 9.90 Å². The molecule has 1 atom stereocenters. The Hall–Kier alpha value is -3.78. The van der Waals surface area contributed by atoms with Crippen LogP contribution in [0.15, 0.2) is 73.7 Å². The second kappa shape index (κ2) is 9.23. The number of β-amino-alcohol motifs (C(OH)–C–C–N with tert-alkyl or cyclic N) is 1. The van der Waals surface area contributed by atoms with E-state index in [4.69, 9.17) is 0 Å². The van der Waals surface area contributed by atoms with Crippen LogP contribution in [0.1, 0.15) is 28.8 Å². The minimum atomic E-state index is -1.01. The van der Waals surface area contributed by atoms with Crippen LogP contribution in [0, 0.1) is 0 Å². The maximum atomic E-state index is 13.2. The predicted octanol–water partition coefficient (Wildman–Crippen LogP) is 2.98. The third-order valence-corrected chi connectivity index (χ3v) is 6.39. The van der Waals surface area contributed by atoms with Gasteiger partial charge in [-0.1, -0.05) is 12.1 Å². The molecule has 8 nitrogen and oxygen atoms in total. The first-order valence-electron chi connectivity index (χ1n) is 11.5. The molecule has 5 rings (SSSR count). The van der Waals surface area contributed by atoms with E-state index in [0.717, 1.165) is 35.1 Å². The molecule has 1 aliphatic heterocycles. The van der Waals surface area contributed by atoms with Crippen molar-refractivity contribution in [2.24, 2.45) is 0 Å². The van der Waals surface area contributed by atoms with E-state index >= 15 is 0 Å². The Labute approximate surface area is 198 Å². The number of fused-ring (bicyclic) bond motifs is 1. The lowest BCUT2D eigenvalue weighted by Crippen LogP contribution is -2.54. The fourth-order valence-electron chi connectivity index (χ4n) is 4.83. The Bertz CT molecular complexity index is 1290. The van der Waals surface area contributed by atoms with Crippen molar-refractivity contribution in [1.29, 1.82) is 0 Å². The molecule has 4 aromatic rings. The molecule has 0 saturated carbocycles. The summed E-state index contributed by atoms with van der Waals surface area (Å²) in [6.07, 6.45) is 12.2. The molecule has 1 aromatic carbocycles. The van der Waals surface area contributed by atoms with Crippen LogP contribution in [0.3, 0.4) is 0 Å². The average molecular weight is 457 g/mol. The zero-order valence-electron chi connectivity index (χ0n) is 19.2. The van der Waals surface area contributed by atoms with Gasteiger partial charge in [-0.05, 0) is 42.7 Å². The third-order valence-electron chi connectivity index (χ3n) is 6.39. The van der Waals surface area contributed by atoms with Crippen LogP contribution < -0.4 is 4.90 Å². The summed E-state index contributed by atoms with van der Waals surface area (Å²) < 4.78 is 1.96. The van der Waals surface area contributed by atoms with Gasteiger partial charge in [0.2, 0.25) is 0 Å². The van der Waals surface area contributed by atoms with Gasteiger partial charge >= 0.3 is 0 Å². The number of anilines is 1. The second-order valence-corrected chi connectivity index (χ2v) is 9.07. The number of carbonyl (C=O) groups is 1. The fraction of sp³-hybridized carbons (Fsp3) is 0.308. The van der Waals surface area contributed by atoms with Crippen molar-refractivity contribution in [3.63, 3.8) is 0 Å². The van der Waals surface area contributed by atoms with Gasteiger partial charge in [0.25, 0.3) is 5.91 Å². The topological polar surface area (TPSA) is 87.4 Å². The molecule has 1 N–H and O–H groups in total. The van der Waals surface area contributed by atoms with Crippen LogP contribution in [0.5, 0.6) is 0 Å². The van der Waals surface area contributed by atoms with Crippen molar-refractivity contribution >= 4 is 22.5 Å². The third kappa shape index (κ3) is 4.63. The van der Waals surface area contributed by atoms with Gasteiger partial charge in [0.15, 0.2) is 0 Å². The monoisotopic (exact) mass is 456 g/mol. The predicted molar refractivity (Wildman–Crippen MR) is 131 cm³/mol. The summed E-state index contributed by atoms with van der Waals surface area (Å²) in [5, 5.41) is 12.5. The highest BCUT2D eigenvalue weighted by Gasteiger charge is 2.36. The Morgan fingerprint density at radius 1 is 1.18 bits per heavy atom. The van der Waals surface area contributed by atoms with Gasteiger partial charge in [0, 0.05) is 74.3 Å². The van der Waals surface area contributed by atoms with Gasteiger partial charge in [-0.15, -0.1) is 0 Å². The standard InChI is InChI=1S/C26H28N6O2/c1-30(25(33)21-5-2-4-20(14-21)16-31-13-11-28-19-31)17-26(34)8-3-12-32(18-26)24-7-10-29-23-6-9-27-15-22(23)24/h2,4-7,9-11,13-15,19,34H,3,8,12,16-18H2,1H3/t26-/m0/s1. The molecule has 1 aliphatic rings. The summed E-state index contributed by atoms with van der Waals surface area (Å²) in [5.41, 5.74) is 2.52. The van der Waals surface area contributed by atoms with Gasteiger partial charge in [0.05, 0.1) is 24.0 Å². The van der Waals surface area contributed by atoms with E-state index in [1.165, 1.54) is 0 Å². The number of hydrogen-bond acceptors (Lipinski definition) is 6. The lowest BCUT2D eigenvalue weighted by Gasteiger charge is -2.42. The Morgan fingerprint density at radius 3 is 2.94 bits per heavy atom. The number of pyridine rings is 2. The van der Waals surface area contributed by atoms with Crippen LogP contribution >= 0.6 is 0 Å². The van der Waals surface area contributed by atoms with Crippen LogP contribution in [-0.4, -0.2) is 67.7 Å². The lowest BCUT2D eigenvalue weighted by atomic mass is 9.91. The number of aliphatic hydroxyl groups is 1. The Morgan fingerprint density at radius 2 is 2.09 bits per heavy atom. The lowest BCUT2D eigenvalue weighted by molar-refractivity contribution is 0.0000663. The number of imidazole rings is 1. The van der Waals surface area contributed by atoms with E-state index < -0.39 is 5.60 Å². The van der Waals surface area contributed by atoms with Gasteiger partial charge in [-0.2, -0.15) is 0 Å². The van der Waals surface area contributed by atoms with Crippen molar-refractivity contribution in [3.05, 3.63) is 84.8 Å². The number of nitrogens with zero attached hydrogens (tertiary/aromatic N) is 6. The first kappa shape index (κ1) is 22.0. The first-order valence-corrected chi connectivity index (χ1v) is 11.5. The average Bonchev–Trinajstić information content (AvgIpc) is 3.36. The molecule has 3 aromatic heterocycles. The largest absolute Gasteiger partial charge is 0.386 e. The number of rotatable bonds is 6. The summed E-state index contributed by atoms with van der Waals surface area (Å²) >= 11 is 0. The van der Waals surface area contributed by atoms with Crippen LogP contribution in [0.2, 0.25) is 0 Å². The molecule has 8 heteroatoms. The second-order valence-electron chi connectivity index (χ2n) is 9.07. The molecular formula is C26H28N6O2. The van der Waals surface area contributed by atoms with Gasteiger partial charge in [0.1, 0.15) is 0 Å². The molecular weight excluding hydrogens is 428 g/mol. The van der Waals surface area contributed by atoms with Crippen LogP contribution in [-0.2, 0) is 6.54 Å². The smallest absolute Gasteiger partial charge is 0.253 e. The van der Waals surface area contributed by atoms with Gasteiger partial charge in [-0.25, -0.2) is 4.98 Å². The Kier molecular flexibility index (Phi) is 5.98. The van der Waals surface area contributed by atoms with Crippen LogP contribution in [0.4, 0.5) is 5.69 Å².